The summed E-state index contributed by atoms with van der Waals surface area (Å²) in [6.07, 6.45) is 0. The molecule has 69 valence electrons. The van der Waals surface area contributed by atoms with Crippen molar-refractivity contribution in [1.29, 1.82) is 0 Å². The largest absolute Gasteiger partial charge is 1.00 e. The molecule has 1 radical (unpaired) electrons. The number of hydrogen-bond donors (Lipinski definition) is 2. The molecule has 0 saturated heterocycles. The van der Waals surface area contributed by atoms with Gasteiger partial charge in [0.25, 0.3) is 0 Å². The van der Waals surface area contributed by atoms with Crippen LogP contribution in [0.1, 0.15) is 13.8 Å². The van der Waals surface area contributed by atoms with Gasteiger partial charge in [0, 0.05) is 35.6 Å². The van der Waals surface area contributed by atoms with Gasteiger partial charge in [-0.05, 0) is 13.8 Å². The summed E-state index contributed by atoms with van der Waals surface area (Å²) in [7, 11) is 0. The third kappa shape index (κ3) is 296. The molecule has 10 heavy (non-hydrogen) atoms. The van der Waals surface area contributed by atoms with Gasteiger partial charge in [-0.25, -0.2) is 0 Å². The van der Waals surface area contributed by atoms with Crippen molar-refractivity contribution in [2.24, 2.45) is 0 Å². The van der Waals surface area contributed by atoms with Crippen LogP contribution >= 0.6 is 0 Å². The van der Waals surface area contributed by atoms with Crippen LogP contribution in [0.15, 0.2) is 0 Å². The van der Waals surface area contributed by atoms with Gasteiger partial charge < -0.3 is 47.4 Å². The Bertz CT molecular complexity index is 20.5. The molecule has 0 bridgehead atoms. The minimum Gasteiger partial charge on any atom is -1.00 e. The van der Waals surface area contributed by atoms with E-state index in [1.807, 2.05) is 0 Å². The van der Waals surface area contributed by atoms with Crippen LogP contribution in [0.4, 0.5) is 0 Å². The summed E-state index contributed by atoms with van der Waals surface area (Å²) in [4.78, 5) is 0. The molecule has 0 aliphatic heterocycles. The molecule has 0 aliphatic rings. The Morgan fingerprint density at radius 2 is 0.800 bits per heavy atom. The van der Waals surface area contributed by atoms with E-state index >= 15 is 0 Å². The van der Waals surface area contributed by atoms with E-state index in [9.17, 15) is 0 Å². The average Bonchev–Trinajstić information content (AvgIpc) is 1.39. The van der Waals surface area contributed by atoms with Crippen molar-refractivity contribution >= 4 is 0 Å². The van der Waals surface area contributed by atoms with Crippen LogP contribution in [0.3, 0.4) is 0 Å². The minimum atomic E-state index is 0. The second-order valence-electron chi connectivity index (χ2n) is 0.632. The summed E-state index contributed by atoms with van der Waals surface area (Å²) >= 11 is 0. The van der Waals surface area contributed by atoms with E-state index in [1.54, 1.807) is 13.8 Å². The Morgan fingerprint density at radius 1 is 0.800 bits per heavy atom. The molecule has 0 fully saturated rings. The van der Waals surface area contributed by atoms with E-state index in [4.69, 9.17) is 10.2 Å². The minimum absolute atomic E-state index is 0. The maximum Gasteiger partial charge on any atom is 0.0402 e. The second kappa shape index (κ2) is 76.7. The van der Waals surface area contributed by atoms with Crippen LogP contribution in [0.5, 0.6) is 0 Å². The zero-order chi connectivity index (χ0) is 5.41. The van der Waals surface area contributed by atoms with Gasteiger partial charge in [0.1, 0.15) is 0 Å². The molecule has 0 aromatic rings. The summed E-state index contributed by atoms with van der Waals surface area (Å²) in [5, 5.41) is 15.1. The first-order chi connectivity index (χ1) is 2.83. The van der Waals surface area contributed by atoms with E-state index in [-0.39, 0.29) is 72.8 Å². The molecule has 0 aromatic heterocycles. The molecule has 0 heterocycles. The maximum atomic E-state index is 7.57. The van der Waals surface area contributed by atoms with Crippen molar-refractivity contribution in [1.82, 2.24) is 0 Å². The van der Waals surface area contributed by atoms with Gasteiger partial charge in [-0.3, -0.25) is 0 Å². The van der Waals surface area contributed by atoms with Crippen LogP contribution in [0.25, 0.3) is 0 Å². The van der Waals surface area contributed by atoms with Crippen molar-refractivity contribution in [3.05, 3.63) is 0 Å². The van der Waals surface area contributed by atoms with E-state index in [0.29, 0.717) is 0 Å². The molecule has 0 atom stereocenters. The normalized spacial score (nSPS) is 3.60. The SMILES string of the molecule is CCO.CCO.[Cl-].[Cl-].[Cl-].[Ta]. The van der Waals surface area contributed by atoms with E-state index in [0.717, 1.165) is 0 Å². The predicted octanol–water partition coefficient (Wildman–Crippen LogP) is -8.99. The fourth-order valence-electron chi connectivity index (χ4n) is 0. The van der Waals surface area contributed by atoms with Crippen LogP contribution in [0, 0.1) is 0 Å². The topological polar surface area (TPSA) is 40.5 Å². The van der Waals surface area contributed by atoms with Gasteiger partial charge in [-0.1, -0.05) is 0 Å². The van der Waals surface area contributed by atoms with Gasteiger partial charge in [-0.2, -0.15) is 0 Å². The van der Waals surface area contributed by atoms with Gasteiger partial charge in [-0.15, -0.1) is 0 Å². The Labute approximate surface area is 96.5 Å². The molecule has 0 amide bonds. The Balaban J connectivity index is -0.00000000571. The monoisotopic (exact) mass is 378 g/mol. The number of aliphatic hydroxyl groups excluding tert-OH is 2. The zero-order valence-electron chi connectivity index (χ0n) is 5.89. The van der Waals surface area contributed by atoms with Crippen molar-refractivity contribution in [3.8, 4) is 0 Å². The zero-order valence-corrected chi connectivity index (χ0v) is 11.4. The second-order valence-corrected chi connectivity index (χ2v) is 0.632. The van der Waals surface area contributed by atoms with Crippen LogP contribution in [0.2, 0.25) is 0 Å². The van der Waals surface area contributed by atoms with E-state index in [1.165, 1.54) is 0 Å². The van der Waals surface area contributed by atoms with Crippen molar-refractivity contribution in [2.75, 3.05) is 13.2 Å². The first kappa shape index (κ1) is 41.8. The number of rotatable bonds is 0. The quantitative estimate of drug-likeness (QED) is 0.439. The molecule has 0 spiro atoms. The van der Waals surface area contributed by atoms with Crippen LogP contribution < -0.4 is 37.2 Å². The Morgan fingerprint density at radius 3 is 0.800 bits per heavy atom. The summed E-state index contributed by atoms with van der Waals surface area (Å²) in [6, 6.07) is 0. The molecule has 2 N–H and O–H groups in total. The summed E-state index contributed by atoms with van der Waals surface area (Å²) in [5.74, 6) is 0. The van der Waals surface area contributed by atoms with Gasteiger partial charge >= 0.3 is 0 Å². The number of hydrogen-bond acceptors (Lipinski definition) is 2. The average molecular weight is 379 g/mol. The smallest absolute Gasteiger partial charge is 0.0402 e. The molecular formula is C4H12Cl3O2Ta-3. The number of aliphatic hydroxyl groups is 2. The molecule has 0 aliphatic carbocycles. The fraction of sp³-hybridized carbons (Fsp3) is 1.00. The standard InChI is InChI=1S/2C2H6O.3ClH.Ta/c2*1-2-3;;;;/h2*3H,2H2,1H3;3*1H;/p-3. The molecule has 0 saturated carbocycles. The molecule has 2 nitrogen and oxygen atoms in total. The first-order valence-corrected chi connectivity index (χ1v) is 2.05. The van der Waals surface area contributed by atoms with Gasteiger partial charge in [0.2, 0.25) is 0 Å². The van der Waals surface area contributed by atoms with Crippen molar-refractivity contribution < 1.29 is 69.8 Å². The fourth-order valence-corrected chi connectivity index (χ4v) is 0. The molecule has 0 rings (SSSR count). The third-order valence-electron chi connectivity index (χ3n) is 0. The third-order valence-corrected chi connectivity index (χ3v) is 0. The molecule has 0 aromatic carbocycles. The van der Waals surface area contributed by atoms with Crippen LogP contribution in [-0.2, 0) is 22.4 Å². The van der Waals surface area contributed by atoms with Gasteiger partial charge in [0.05, 0.1) is 0 Å². The summed E-state index contributed by atoms with van der Waals surface area (Å²) < 4.78 is 0. The van der Waals surface area contributed by atoms with Gasteiger partial charge in [0.15, 0.2) is 0 Å². The van der Waals surface area contributed by atoms with E-state index < -0.39 is 0 Å². The summed E-state index contributed by atoms with van der Waals surface area (Å²) in [6.45, 7) is 3.86. The number of halogens is 3. The molecular weight excluding hydrogens is 367 g/mol. The Hall–Kier alpha value is 1.53. The van der Waals surface area contributed by atoms with Crippen LogP contribution in [-0.4, -0.2) is 23.4 Å². The first-order valence-electron chi connectivity index (χ1n) is 2.05. The Kier molecular flexibility index (Phi) is 321. The van der Waals surface area contributed by atoms with Crippen molar-refractivity contribution in [2.45, 2.75) is 13.8 Å². The summed E-state index contributed by atoms with van der Waals surface area (Å²) in [5.41, 5.74) is 0. The maximum absolute atomic E-state index is 7.57. The predicted molar refractivity (Wildman–Crippen MR) is 25.5 cm³/mol. The molecule has 6 heteroatoms. The molecule has 0 unspecified atom stereocenters. The van der Waals surface area contributed by atoms with E-state index in [2.05, 4.69) is 0 Å². The van der Waals surface area contributed by atoms with Crippen molar-refractivity contribution in [3.63, 3.8) is 0 Å².